The summed E-state index contributed by atoms with van der Waals surface area (Å²) in [6.07, 6.45) is 1.34. The first-order valence-electron chi connectivity index (χ1n) is 6.31. The highest BCUT2D eigenvalue weighted by Crippen LogP contribution is 2.23. The Morgan fingerprint density at radius 1 is 1.39 bits per heavy atom. The number of likely N-dealkylation sites (tertiary alicyclic amines) is 1. The van der Waals surface area contributed by atoms with Gasteiger partial charge in [0.05, 0.1) is 11.5 Å². The van der Waals surface area contributed by atoms with E-state index >= 15 is 0 Å². The molecule has 1 saturated heterocycles. The molecule has 0 saturated carbocycles. The standard InChI is InChI=1S/C14H20ClNO2/c1-17-11-18-13-7-8-16(9-13)10-14(15)12-5-3-2-4-6-12/h2-6,13-14H,7-11H2,1H3/t13-,14+/m0/s1. The molecule has 100 valence electrons. The van der Waals surface area contributed by atoms with Gasteiger partial charge in [-0.3, -0.25) is 4.90 Å². The predicted octanol–water partition coefficient (Wildman–Crippen LogP) is 2.66. The van der Waals surface area contributed by atoms with E-state index in [1.807, 2.05) is 18.2 Å². The first kappa shape index (κ1) is 13.8. The Balaban J connectivity index is 1.77. The monoisotopic (exact) mass is 269 g/mol. The molecule has 18 heavy (non-hydrogen) atoms. The third-order valence-corrected chi connectivity index (χ3v) is 3.62. The van der Waals surface area contributed by atoms with E-state index in [4.69, 9.17) is 21.1 Å². The molecule has 0 bridgehead atoms. The summed E-state index contributed by atoms with van der Waals surface area (Å²) < 4.78 is 10.5. The molecule has 2 rings (SSSR count). The van der Waals surface area contributed by atoms with Crippen molar-refractivity contribution in [3.8, 4) is 0 Å². The lowest BCUT2D eigenvalue weighted by atomic mass is 10.1. The van der Waals surface area contributed by atoms with E-state index < -0.39 is 0 Å². The van der Waals surface area contributed by atoms with Crippen LogP contribution in [0.2, 0.25) is 0 Å². The molecule has 0 spiro atoms. The van der Waals surface area contributed by atoms with E-state index in [0.29, 0.717) is 6.79 Å². The Morgan fingerprint density at radius 3 is 2.89 bits per heavy atom. The highest BCUT2D eigenvalue weighted by molar-refractivity contribution is 6.21. The van der Waals surface area contributed by atoms with Crippen molar-refractivity contribution >= 4 is 11.6 Å². The summed E-state index contributed by atoms with van der Waals surface area (Å²) in [6.45, 7) is 3.24. The van der Waals surface area contributed by atoms with Crippen molar-refractivity contribution in [1.29, 1.82) is 0 Å². The number of benzene rings is 1. The van der Waals surface area contributed by atoms with Crippen molar-refractivity contribution in [2.24, 2.45) is 0 Å². The fourth-order valence-electron chi connectivity index (χ4n) is 2.26. The molecule has 1 aliphatic heterocycles. The van der Waals surface area contributed by atoms with Crippen LogP contribution in [0, 0.1) is 0 Å². The highest BCUT2D eigenvalue weighted by atomic mass is 35.5. The molecule has 1 fully saturated rings. The van der Waals surface area contributed by atoms with Crippen LogP contribution in [-0.2, 0) is 9.47 Å². The van der Waals surface area contributed by atoms with Gasteiger partial charge >= 0.3 is 0 Å². The predicted molar refractivity (Wildman–Crippen MR) is 72.8 cm³/mol. The maximum atomic E-state index is 6.43. The number of alkyl halides is 1. The summed E-state index contributed by atoms with van der Waals surface area (Å²) in [6, 6.07) is 10.2. The van der Waals surface area contributed by atoms with Crippen LogP contribution in [0.3, 0.4) is 0 Å². The molecule has 1 aromatic carbocycles. The molecule has 2 atom stereocenters. The van der Waals surface area contributed by atoms with Crippen LogP contribution in [0.4, 0.5) is 0 Å². The fraction of sp³-hybridized carbons (Fsp3) is 0.571. The topological polar surface area (TPSA) is 21.7 Å². The molecule has 0 N–H and O–H groups in total. The summed E-state index contributed by atoms with van der Waals surface area (Å²) >= 11 is 6.43. The molecule has 1 aliphatic rings. The SMILES string of the molecule is COCO[C@H]1CCN(C[C@@H](Cl)c2ccccc2)C1. The quantitative estimate of drug-likeness (QED) is 0.585. The van der Waals surface area contributed by atoms with E-state index in [0.717, 1.165) is 26.1 Å². The van der Waals surface area contributed by atoms with Crippen LogP contribution in [-0.4, -0.2) is 44.5 Å². The Morgan fingerprint density at radius 2 is 2.17 bits per heavy atom. The van der Waals surface area contributed by atoms with Crippen LogP contribution < -0.4 is 0 Å². The van der Waals surface area contributed by atoms with Crippen molar-refractivity contribution < 1.29 is 9.47 Å². The smallest absolute Gasteiger partial charge is 0.146 e. The Hall–Kier alpha value is -0.610. The minimum absolute atomic E-state index is 0.0485. The van der Waals surface area contributed by atoms with Gasteiger partial charge in [-0.2, -0.15) is 0 Å². The maximum Gasteiger partial charge on any atom is 0.146 e. The zero-order valence-electron chi connectivity index (χ0n) is 10.7. The van der Waals surface area contributed by atoms with E-state index in [2.05, 4.69) is 17.0 Å². The molecular formula is C14H20ClNO2. The van der Waals surface area contributed by atoms with Crippen LogP contribution >= 0.6 is 11.6 Å². The second-order valence-corrected chi connectivity index (χ2v) is 5.15. The van der Waals surface area contributed by atoms with Gasteiger partial charge in [0.1, 0.15) is 6.79 Å². The second-order valence-electron chi connectivity index (χ2n) is 4.62. The lowest BCUT2D eigenvalue weighted by Gasteiger charge is -2.19. The summed E-state index contributed by atoms with van der Waals surface area (Å²) in [5.41, 5.74) is 1.18. The summed E-state index contributed by atoms with van der Waals surface area (Å²) in [4.78, 5) is 2.35. The first-order chi connectivity index (χ1) is 8.79. The molecule has 0 aliphatic carbocycles. The number of hydrogen-bond donors (Lipinski definition) is 0. The molecule has 0 radical (unpaired) electrons. The molecule has 0 unspecified atom stereocenters. The van der Waals surface area contributed by atoms with Gasteiger partial charge in [-0.15, -0.1) is 11.6 Å². The first-order valence-corrected chi connectivity index (χ1v) is 6.75. The van der Waals surface area contributed by atoms with Crippen molar-refractivity contribution in [2.45, 2.75) is 17.9 Å². The number of rotatable bonds is 6. The van der Waals surface area contributed by atoms with Crippen molar-refractivity contribution in [3.05, 3.63) is 35.9 Å². The van der Waals surface area contributed by atoms with Gasteiger partial charge in [0.25, 0.3) is 0 Å². The average Bonchev–Trinajstić information content (AvgIpc) is 2.85. The highest BCUT2D eigenvalue weighted by Gasteiger charge is 2.24. The maximum absolute atomic E-state index is 6.43. The average molecular weight is 270 g/mol. The zero-order valence-corrected chi connectivity index (χ0v) is 11.5. The van der Waals surface area contributed by atoms with E-state index in [1.165, 1.54) is 5.56 Å². The number of hydrogen-bond acceptors (Lipinski definition) is 3. The lowest BCUT2D eigenvalue weighted by molar-refractivity contribution is -0.0670. The van der Waals surface area contributed by atoms with E-state index in [-0.39, 0.29) is 11.5 Å². The third kappa shape index (κ3) is 3.95. The summed E-state index contributed by atoms with van der Waals surface area (Å²) in [5, 5.41) is 0.0485. The Bertz CT molecular complexity index is 347. The minimum Gasteiger partial charge on any atom is -0.359 e. The van der Waals surface area contributed by atoms with Crippen LogP contribution in [0.15, 0.2) is 30.3 Å². The Labute approximate surface area is 114 Å². The van der Waals surface area contributed by atoms with Gasteiger partial charge in [-0.05, 0) is 12.0 Å². The normalized spacial score (nSPS) is 22.2. The van der Waals surface area contributed by atoms with Gasteiger partial charge in [0, 0.05) is 26.7 Å². The van der Waals surface area contributed by atoms with Crippen molar-refractivity contribution in [1.82, 2.24) is 4.90 Å². The molecule has 0 aromatic heterocycles. The van der Waals surface area contributed by atoms with Crippen molar-refractivity contribution in [2.75, 3.05) is 33.5 Å². The van der Waals surface area contributed by atoms with Crippen LogP contribution in [0.1, 0.15) is 17.4 Å². The largest absolute Gasteiger partial charge is 0.359 e. The zero-order chi connectivity index (χ0) is 12.8. The molecular weight excluding hydrogens is 250 g/mol. The molecule has 4 heteroatoms. The fourth-order valence-corrected chi connectivity index (χ4v) is 2.60. The van der Waals surface area contributed by atoms with E-state index in [1.54, 1.807) is 7.11 Å². The van der Waals surface area contributed by atoms with Gasteiger partial charge < -0.3 is 9.47 Å². The lowest BCUT2D eigenvalue weighted by Crippen LogP contribution is -2.27. The summed E-state index contributed by atoms with van der Waals surface area (Å²) in [5.74, 6) is 0. The van der Waals surface area contributed by atoms with Gasteiger partial charge in [0.15, 0.2) is 0 Å². The van der Waals surface area contributed by atoms with Gasteiger partial charge in [-0.1, -0.05) is 30.3 Å². The molecule has 0 amide bonds. The molecule has 1 aromatic rings. The van der Waals surface area contributed by atoms with Crippen molar-refractivity contribution in [3.63, 3.8) is 0 Å². The molecule has 1 heterocycles. The minimum atomic E-state index is 0.0485. The third-order valence-electron chi connectivity index (χ3n) is 3.23. The molecule has 3 nitrogen and oxygen atoms in total. The van der Waals surface area contributed by atoms with Gasteiger partial charge in [-0.25, -0.2) is 0 Å². The van der Waals surface area contributed by atoms with Crippen LogP contribution in [0.25, 0.3) is 0 Å². The van der Waals surface area contributed by atoms with E-state index in [9.17, 15) is 0 Å². The van der Waals surface area contributed by atoms with Gasteiger partial charge in [0.2, 0.25) is 0 Å². The second kappa shape index (κ2) is 7.10. The number of nitrogens with zero attached hydrogens (tertiary/aromatic N) is 1. The Kier molecular flexibility index (Phi) is 5.45. The number of ether oxygens (including phenoxy) is 2. The summed E-state index contributed by atoms with van der Waals surface area (Å²) in [7, 11) is 1.65. The number of methoxy groups -OCH3 is 1. The van der Waals surface area contributed by atoms with Crippen LogP contribution in [0.5, 0.6) is 0 Å². The number of halogens is 1.